The molecular formula is C31H34N2O. The third-order valence-corrected chi connectivity index (χ3v) is 5.68. The van der Waals surface area contributed by atoms with Crippen LogP contribution in [0.4, 0.5) is 11.4 Å². The van der Waals surface area contributed by atoms with E-state index in [2.05, 4.69) is 70.5 Å². The fraction of sp³-hybridized carbons (Fsp3) is 0.194. The molecule has 1 saturated carbocycles. The van der Waals surface area contributed by atoms with Gasteiger partial charge < -0.3 is 9.80 Å². The van der Waals surface area contributed by atoms with Crippen molar-refractivity contribution < 1.29 is 4.79 Å². The van der Waals surface area contributed by atoms with Gasteiger partial charge in [0, 0.05) is 50.7 Å². The normalized spacial score (nSPS) is 16.9. The third-order valence-electron chi connectivity index (χ3n) is 5.68. The molecule has 0 heterocycles. The number of carbonyl (C=O) groups excluding carboxylic acids is 1. The number of allylic oxidation sites excluding steroid dienone is 10. The number of ketones is 1. The molecule has 0 amide bonds. The lowest BCUT2D eigenvalue weighted by atomic mass is 10.1. The number of Topliss-reactive ketones (excluding diaryl/α,β-unsaturated/α-hetero) is 1. The summed E-state index contributed by atoms with van der Waals surface area (Å²) in [6.45, 7) is 0. The minimum Gasteiger partial charge on any atom is -0.378 e. The first-order chi connectivity index (χ1) is 16.4. The lowest BCUT2D eigenvalue weighted by molar-refractivity contribution is -0.111. The van der Waals surface area contributed by atoms with Gasteiger partial charge in [-0.2, -0.15) is 0 Å². The third kappa shape index (κ3) is 7.35. The molecule has 0 N–H and O–H groups in total. The Kier molecular flexibility index (Phi) is 9.04. The largest absolute Gasteiger partial charge is 0.378 e. The molecule has 0 saturated heterocycles. The first kappa shape index (κ1) is 24.8. The smallest absolute Gasteiger partial charge is 0.185 e. The first-order valence-corrected chi connectivity index (χ1v) is 11.6. The molecule has 0 bridgehead atoms. The van der Waals surface area contributed by atoms with E-state index >= 15 is 0 Å². The van der Waals surface area contributed by atoms with E-state index in [-0.39, 0.29) is 5.78 Å². The number of hydrogen-bond acceptors (Lipinski definition) is 3. The maximum atomic E-state index is 12.6. The highest BCUT2D eigenvalue weighted by molar-refractivity contribution is 6.11. The van der Waals surface area contributed by atoms with E-state index in [1.54, 1.807) is 0 Å². The summed E-state index contributed by atoms with van der Waals surface area (Å²) in [5.74, 6) is 0.154. The lowest BCUT2D eigenvalue weighted by Gasteiger charge is -2.11. The average Bonchev–Trinajstić information content (AvgIpc) is 3.18. The van der Waals surface area contributed by atoms with Crippen molar-refractivity contribution in [3.63, 3.8) is 0 Å². The van der Waals surface area contributed by atoms with Gasteiger partial charge in [0.25, 0.3) is 0 Å². The van der Waals surface area contributed by atoms with E-state index in [4.69, 9.17) is 0 Å². The molecule has 174 valence electrons. The van der Waals surface area contributed by atoms with Crippen LogP contribution in [0.15, 0.2) is 108 Å². The van der Waals surface area contributed by atoms with Crippen LogP contribution in [0.1, 0.15) is 24.0 Å². The molecule has 1 fully saturated rings. The van der Waals surface area contributed by atoms with Crippen molar-refractivity contribution in [3.05, 3.63) is 119 Å². The summed E-state index contributed by atoms with van der Waals surface area (Å²) < 4.78 is 0. The Labute approximate surface area is 204 Å². The summed E-state index contributed by atoms with van der Waals surface area (Å²) in [4.78, 5) is 16.8. The zero-order valence-corrected chi connectivity index (χ0v) is 20.6. The summed E-state index contributed by atoms with van der Waals surface area (Å²) in [5, 5.41) is 0. The highest BCUT2D eigenvalue weighted by Crippen LogP contribution is 2.26. The summed E-state index contributed by atoms with van der Waals surface area (Å²) in [7, 11) is 8.13. The van der Waals surface area contributed by atoms with Crippen LogP contribution in [-0.4, -0.2) is 34.0 Å². The summed E-state index contributed by atoms with van der Waals surface area (Å²) in [6, 6.07) is 16.8. The Bertz CT molecular complexity index is 1050. The van der Waals surface area contributed by atoms with E-state index in [1.807, 2.05) is 76.8 Å². The van der Waals surface area contributed by atoms with Crippen LogP contribution in [0.5, 0.6) is 0 Å². The molecule has 3 rings (SSSR count). The molecule has 2 aromatic carbocycles. The van der Waals surface area contributed by atoms with Crippen molar-refractivity contribution >= 4 is 29.3 Å². The predicted molar refractivity (Wildman–Crippen MR) is 148 cm³/mol. The topological polar surface area (TPSA) is 23.6 Å². The van der Waals surface area contributed by atoms with Crippen LogP contribution in [0.25, 0.3) is 12.2 Å². The minimum atomic E-state index is 0.154. The number of anilines is 2. The lowest BCUT2D eigenvalue weighted by Crippen LogP contribution is -2.07. The fourth-order valence-electron chi connectivity index (χ4n) is 3.59. The fourth-order valence-corrected chi connectivity index (χ4v) is 3.59. The second-order valence-corrected chi connectivity index (χ2v) is 8.67. The molecule has 0 aliphatic heterocycles. The number of benzene rings is 2. The Hall–Kier alpha value is -3.85. The summed E-state index contributed by atoms with van der Waals surface area (Å²) >= 11 is 0. The number of rotatable bonds is 8. The molecule has 0 radical (unpaired) electrons. The van der Waals surface area contributed by atoms with Crippen molar-refractivity contribution in [3.8, 4) is 0 Å². The monoisotopic (exact) mass is 450 g/mol. The second kappa shape index (κ2) is 12.4. The van der Waals surface area contributed by atoms with Gasteiger partial charge in [0.15, 0.2) is 5.78 Å². The number of carbonyl (C=O) groups is 1. The van der Waals surface area contributed by atoms with Gasteiger partial charge in [-0.25, -0.2) is 0 Å². The van der Waals surface area contributed by atoms with Crippen LogP contribution in [0.3, 0.4) is 0 Å². The molecule has 3 nitrogen and oxygen atoms in total. The highest BCUT2D eigenvalue weighted by Gasteiger charge is 2.21. The maximum absolute atomic E-state index is 12.6. The first-order valence-electron chi connectivity index (χ1n) is 11.6. The van der Waals surface area contributed by atoms with Gasteiger partial charge in [0.2, 0.25) is 0 Å². The van der Waals surface area contributed by atoms with Crippen molar-refractivity contribution in [2.75, 3.05) is 38.0 Å². The molecule has 2 aromatic rings. The van der Waals surface area contributed by atoms with Crippen molar-refractivity contribution in [2.45, 2.75) is 12.8 Å². The minimum absolute atomic E-state index is 0.154. The van der Waals surface area contributed by atoms with Crippen molar-refractivity contribution in [2.24, 2.45) is 0 Å². The SMILES string of the molecule is CN(C)c1ccc(C=CC=CC=C2CCC(=CC=CC=Cc3ccc(N(C)C)cc3)C2=O)cc1. The van der Waals surface area contributed by atoms with Crippen LogP contribution in [0, 0.1) is 0 Å². The summed E-state index contributed by atoms with van der Waals surface area (Å²) in [5.41, 5.74) is 6.41. The van der Waals surface area contributed by atoms with E-state index < -0.39 is 0 Å². The van der Waals surface area contributed by atoms with Gasteiger partial charge in [0.05, 0.1) is 0 Å². The van der Waals surface area contributed by atoms with Crippen LogP contribution >= 0.6 is 0 Å². The predicted octanol–water partition coefficient (Wildman–Crippen LogP) is 6.87. The average molecular weight is 451 g/mol. The van der Waals surface area contributed by atoms with Gasteiger partial charge in [-0.3, -0.25) is 4.79 Å². The standard InChI is InChI=1S/C31H34N2O/c1-32(2)29-21-15-25(16-22-29)11-7-5-9-13-27-19-20-28(31(27)34)14-10-6-8-12-26-17-23-30(24-18-26)33(3)4/h5-18,21-24H,19-20H2,1-4H3. The van der Waals surface area contributed by atoms with Crippen molar-refractivity contribution in [1.29, 1.82) is 0 Å². The van der Waals surface area contributed by atoms with Crippen LogP contribution < -0.4 is 9.80 Å². The molecule has 1 aliphatic carbocycles. The molecule has 0 atom stereocenters. The van der Waals surface area contributed by atoms with Gasteiger partial charge in [-0.15, -0.1) is 0 Å². The number of hydrogen-bond donors (Lipinski definition) is 0. The zero-order chi connectivity index (χ0) is 24.3. The zero-order valence-electron chi connectivity index (χ0n) is 20.6. The molecule has 0 unspecified atom stereocenters. The quantitative estimate of drug-likeness (QED) is 0.324. The van der Waals surface area contributed by atoms with Crippen LogP contribution in [-0.2, 0) is 4.79 Å². The Morgan fingerprint density at radius 2 is 0.941 bits per heavy atom. The Morgan fingerprint density at radius 1 is 0.559 bits per heavy atom. The van der Waals surface area contributed by atoms with E-state index in [9.17, 15) is 4.79 Å². The van der Waals surface area contributed by atoms with Gasteiger partial charge in [-0.05, 0) is 48.2 Å². The van der Waals surface area contributed by atoms with Gasteiger partial charge in [-0.1, -0.05) is 85.0 Å². The molecule has 1 aliphatic rings. The molecule has 0 aromatic heterocycles. The Balaban J connectivity index is 1.50. The highest BCUT2D eigenvalue weighted by atomic mass is 16.1. The Morgan fingerprint density at radius 3 is 1.29 bits per heavy atom. The maximum Gasteiger partial charge on any atom is 0.185 e. The second-order valence-electron chi connectivity index (χ2n) is 8.67. The van der Waals surface area contributed by atoms with E-state index in [0.29, 0.717) is 0 Å². The van der Waals surface area contributed by atoms with Gasteiger partial charge in [0.1, 0.15) is 0 Å². The molecule has 0 spiro atoms. The van der Waals surface area contributed by atoms with E-state index in [1.165, 1.54) is 11.4 Å². The molecule has 3 heteroatoms. The molecular weight excluding hydrogens is 416 g/mol. The van der Waals surface area contributed by atoms with E-state index in [0.717, 1.165) is 35.1 Å². The molecule has 34 heavy (non-hydrogen) atoms. The number of nitrogens with zero attached hydrogens (tertiary/aromatic N) is 2. The van der Waals surface area contributed by atoms with Crippen LogP contribution in [0.2, 0.25) is 0 Å². The van der Waals surface area contributed by atoms with Gasteiger partial charge >= 0.3 is 0 Å². The van der Waals surface area contributed by atoms with Crippen molar-refractivity contribution in [1.82, 2.24) is 0 Å². The summed E-state index contributed by atoms with van der Waals surface area (Å²) in [6.07, 6.45) is 21.4.